The largest absolute Gasteiger partial charge is 0.292 e. The van der Waals surface area contributed by atoms with Gasteiger partial charge in [-0.25, -0.2) is 4.39 Å². The van der Waals surface area contributed by atoms with E-state index >= 15 is 0 Å². The molecule has 0 aliphatic heterocycles. The quantitative estimate of drug-likeness (QED) is 0.490. The third kappa shape index (κ3) is 3.09. The van der Waals surface area contributed by atoms with Gasteiger partial charge in [0.05, 0.1) is 11.0 Å². The van der Waals surface area contributed by atoms with Crippen LogP contribution in [-0.2, 0) is 0 Å². The number of hydrogen-bond acceptors (Lipinski definition) is 4. The molecule has 1 atom stereocenters. The van der Waals surface area contributed by atoms with Crippen molar-refractivity contribution in [3.8, 4) is 6.07 Å². The average molecular weight is 284 g/mol. The zero-order valence-electron chi connectivity index (χ0n) is 10.7. The van der Waals surface area contributed by atoms with E-state index in [1.165, 1.54) is 30.3 Å². The zero-order chi connectivity index (χ0) is 15.4. The van der Waals surface area contributed by atoms with Crippen LogP contribution in [0.1, 0.15) is 21.8 Å². The van der Waals surface area contributed by atoms with Gasteiger partial charge >= 0.3 is 0 Å². The lowest BCUT2D eigenvalue weighted by Crippen LogP contribution is -2.11. The predicted octanol–water partition coefficient (Wildman–Crippen LogP) is 3.22. The molecule has 0 fully saturated rings. The summed E-state index contributed by atoms with van der Waals surface area (Å²) in [6.07, 6.45) is 0. The number of Topliss-reactive ketones (excluding diaryl/α,β-unsaturated/α-hetero) is 1. The fourth-order valence-electron chi connectivity index (χ4n) is 1.88. The van der Waals surface area contributed by atoms with Crippen LogP contribution in [0.15, 0.2) is 48.5 Å². The third-order valence-electron chi connectivity index (χ3n) is 2.94. The van der Waals surface area contributed by atoms with Crippen molar-refractivity contribution in [2.45, 2.75) is 5.92 Å². The van der Waals surface area contributed by atoms with Crippen LogP contribution in [0.25, 0.3) is 0 Å². The molecule has 104 valence electrons. The molecule has 2 aromatic rings. The first-order chi connectivity index (χ1) is 10.0. The fourth-order valence-corrected chi connectivity index (χ4v) is 1.88. The summed E-state index contributed by atoms with van der Waals surface area (Å²) in [5.74, 6) is -2.17. The molecule has 0 aliphatic rings. The number of nitro benzene ring substituents is 1. The van der Waals surface area contributed by atoms with E-state index in [1.807, 2.05) is 6.07 Å². The second-order valence-corrected chi connectivity index (χ2v) is 4.29. The first kappa shape index (κ1) is 14.3. The van der Waals surface area contributed by atoms with Crippen LogP contribution in [0, 0.1) is 27.3 Å². The maximum absolute atomic E-state index is 12.9. The maximum Gasteiger partial charge on any atom is 0.270 e. The number of carbonyl (C=O) groups excluding carboxylic acids is 1. The Morgan fingerprint density at radius 1 is 1.24 bits per heavy atom. The number of benzene rings is 2. The van der Waals surface area contributed by atoms with Gasteiger partial charge < -0.3 is 0 Å². The van der Waals surface area contributed by atoms with E-state index < -0.39 is 22.4 Å². The molecule has 0 aliphatic carbocycles. The van der Waals surface area contributed by atoms with Gasteiger partial charge in [0, 0.05) is 17.7 Å². The van der Waals surface area contributed by atoms with Crippen molar-refractivity contribution in [2.75, 3.05) is 0 Å². The zero-order valence-corrected chi connectivity index (χ0v) is 10.7. The van der Waals surface area contributed by atoms with Crippen LogP contribution < -0.4 is 0 Å². The Morgan fingerprint density at radius 3 is 2.48 bits per heavy atom. The third-order valence-corrected chi connectivity index (χ3v) is 2.94. The Bertz CT molecular complexity index is 735. The summed E-state index contributed by atoms with van der Waals surface area (Å²) in [4.78, 5) is 22.4. The predicted molar refractivity (Wildman–Crippen MR) is 72.2 cm³/mol. The van der Waals surface area contributed by atoms with Gasteiger partial charge in [-0.3, -0.25) is 14.9 Å². The summed E-state index contributed by atoms with van der Waals surface area (Å²) in [6, 6.07) is 12.0. The smallest absolute Gasteiger partial charge is 0.270 e. The van der Waals surface area contributed by atoms with Crippen LogP contribution >= 0.6 is 0 Å². The number of nitriles is 1. The van der Waals surface area contributed by atoms with Crippen LogP contribution in [0.2, 0.25) is 0 Å². The molecular formula is C15H9FN2O3. The van der Waals surface area contributed by atoms with Gasteiger partial charge in [0.1, 0.15) is 11.7 Å². The first-order valence-corrected chi connectivity index (χ1v) is 5.96. The minimum Gasteiger partial charge on any atom is -0.292 e. The number of halogens is 1. The summed E-state index contributed by atoms with van der Waals surface area (Å²) in [5.41, 5.74) is 0.187. The van der Waals surface area contributed by atoms with E-state index in [-0.39, 0.29) is 11.3 Å². The van der Waals surface area contributed by atoms with E-state index in [0.717, 1.165) is 18.2 Å². The monoisotopic (exact) mass is 284 g/mol. The van der Waals surface area contributed by atoms with E-state index in [0.29, 0.717) is 5.56 Å². The molecule has 0 saturated carbocycles. The minimum atomic E-state index is -1.13. The summed E-state index contributed by atoms with van der Waals surface area (Å²) in [5, 5.41) is 19.9. The minimum absolute atomic E-state index is 0.0695. The van der Waals surface area contributed by atoms with E-state index in [4.69, 9.17) is 5.26 Å². The fraction of sp³-hybridized carbons (Fsp3) is 0.0667. The van der Waals surface area contributed by atoms with Crippen molar-refractivity contribution < 1.29 is 14.1 Å². The Balaban J connectivity index is 2.37. The molecular weight excluding hydrogens is 275 g/mol. The summed E-state index contributed by atoms with van der Waals surface area (Å²) in [6.45, 7) is 0. The second-order valence-electron chi connectivity index (χ2n) is 4.29. The molecule has 0 N–H and O–H groups in total. The Kier molecular flexibility index (Phi) is 4.05. The van der Waals surface area contributed by atoms with Gasteiger partial charge in [-0.05, 0) is 17.7 Å². The van der Waals surface area contributed by atoms with E-state index in [9.17, 15) is 19.3 Å². The summed E-state index contributed by atoms with van der Waals surface area (Å²) in [7, 11) is 0. The number of nitrogens with zero attached hydrogens (tertiary/aromatic N) is 2. The Labute approximate surface area is 119 Å². The van der Waals surface area contributed by atoms with Crippen LogP contribution in [0.5, 0.6) is 0 Å². The van der Waals surface area contributed by atoms with Crippen molar-refractivity contribution in [1.82, 2.24) is 0 Å². The average Bonchev–Trinajstić information content (AvgIpc) is 2.50. The number of carbonyl (C=O) groups is 1. The SMILES string of the molecule is N#CC(C(=O)c1cccc([N+](=O)[O-])c1)c1ccc(F)cc1. The van der Waals surface area contributed by atoms with Gasteiger partial charge in [0.2, 0.25) is 0 Å². The maximum atomic E-state index is 12.9. The highest BCUT2D eigenvalue weighted by molar-refractivity contribution is 6.03. The van der Waals surface area contributed by atoms with Crippen molar-refractivity contribution >= 4 is 11.5 Å². The molecule has 0 heterocycles. The molecule has 0 radical (unpaired) electrons. The number of ketones is 1. The van der Waals surface area contributed by atoms with Crippen molar-refractivity contribution in [3.63, 3.8) is 0 Å². The number of hydrogen-bond donors (Lipinski definition) is 0. The molecule has 0 bridgehead atoms. The molecule has 5 nitrogen and oxygen atoms in total. The van der Waals surface area contributed by atoms with Crippen molar-refractivity contribution in [3.05, 3.63) is 75.6 Å². The Hall–Kier alpha value is -3.07. The van der Waals surface area contributed by atoms with Crippen molar-refractivity contribution in [1.29, 1.82) is 5.26 Å². The van der Waals surface area contributed by atoms with Crippen LogP contribution in [0.3, 0.4) is 0 Å². The van der Waals surface area contributed by atoms with Crippen LogP contribution in [-0.4, -0.2) is 10.7 Å². The topological polar surface area (TPSA) is 84.0 Å². The second kappa shape index (κ2) is 5.92. The lowest BCUT2D eigenvalue weighted by molar-refractivity contribution is -0.384. The highest BCUT2D eigenvalue weighted by Crippen LogP contribution is 2.23. The molecule has 21 heavy (non-hydrogen) atoms. The Morgan fingerprint density at radius 2 is 1.90 bits per heavy atom. The standard InChI is InChI=1S/C15H9FN2O3/c16-12-6-4-10(5-7-12)14(9-17)15(19)11-2-1-3-13(8-11)18(20)21/h1-8,14H. The molecule has 0 saturated heterocycles. The number of nitro groups is 1. The first-order valence-electron chi connectivity index (χ1n) is 5.96. The summed E-state index contributed by atoms with van der Waals surface area (Å²) < 4.78 is 12.9. The molecule has 0 aromatic heterocycles. The molecule has 2 aromatic carbocycles. The van der Waals surface area contributed by atoms with Gasteiger partial charge in [-0.1, -0.05) is 24.3 Å². The molecule has 2 rings (SSSR count). The van der Waals surface area contributed by atoms with Gasteiger partial charge in [-0.2, -0.15) is 5.26 Å². The molecule has 0 amide bonds. The highest BCUT2D eigenvalue weighted by atomic mass is 19.1. The van der Waals surface area contributed by atoms with E-state index in [1.54, 1.807) is 0 Å². The van der Waals surface area contributed by atoms with Gasteiger partial charge in [-0.15, -0.1) is 0 Å². The lowest BCUT2D eigenvalue weighted by Gasteiger charge is -2.08. The summed E-state index contributed by atoms with van der Waals surface area (Å²) >= 11 is 0. The normalized spacial score (nSPS) is 11.4. The van der Waals surface area contributed by atoms with Crippen molar-refractivity contribution in [2.24, 2.45) is 0 Å². The molecule has 0 spiro atoms. The lowest BCUT2D eigenvalue weighted by atomic mass is 9.92. The number of non-ortho nitro benzene ring substituents is 1. The highest BCUT2D eigenvalue weighted by Gasteiger charge is 2.23. The molecule has 1 unspecified atom stereocenters. The van der Waals surface area contributed by atoms with Gasteiger partial charge in [0.15, 0.2) is 5.78 Å². The van der Waals surface area contributed by atoms with Crippen LogP contribution in [0.4, 0.5) is 10.1 Å². The van der Waals surface area contributed by atoms with Gasteiger partial charge in [0.25, 0.3) is 5.69 Å². The van der Waals surface area contributed by atoms with E-state index in [2.05, 4.69) is 0 Å². The number of rotatable bonds is 4. The molecule has 6 heteroatoms.